The Morgan fingerprint density at radius 2 is 1.93 bits per heavy atom. The highest BCUT2D eigenvalue weighted by Gasteiger charge is 1.94. The molecule has 0 aliphatic carbocycles. The standard InChI is InChI=1S/C13H17NO/c1-2-3-4-11-15-13-7-5-12(6-8-13)9-10-14/h5-8H,2-4,9,11H2,1H3. The van der Waals surface area contributed by atoms with Crippen LogP contribution in [-0.2, 0) is 6.42 Å². The molecule has 80 valence electrons. The molecule has 0 N–H and O–H groups in total. The second-order valence-electron chi connectivity index (χ2n) is 3.53. The summed E-state index contributed by atoms with van der Waals surface area (Å²) in [6, 6.07) is 9.87. The largest absolute Gasteiger partial charge is 0.494 e. The van der Waals surface area contributed by atoms with Crippen molar-refractivity contribution < 1.29 is 4.74 Å². The Balaban J connectivity index is 2.33. The number of hydrogen-bond donors (Lipinski definition) is 0. The number of nitrogens with zero attached hydrogens (tertiary/aromatic N) is 1. The van der Waals surface area contributed by atoms with E-state index in [9.17, 15) is 0 Å². The molecule has 0 fully saturated rings. The molecule has 0 aliphatic heterocycles. The molecule has 0 aromatic heterocycles. The highest BCUT2D eigenvalue weighted by Crippen LogP contribution is 2.12. The highest BCUT2D eigenvalue weighted by molar-refractivity contribution is 5.28. The maximum absolute atomic E-state index is 8.51. The first-order chi connectivity index (χ1) is 7.36. The van der Waals surface area contributed by atoms with Crippen LogP contribution in [0.15, 0.2) is 24.3 Å². The van der Waals surface area contributed by atoms with Crippen molar-refractivity contribution in [2.75, 3.05) is 6.61 Å². The Labute approximate surface area is 91.5 Å². The summed E-state index contributed by atoms with van der Waals surface area (Å²) >= 11 is 0. The van der Waals surface area contributed by atoms with E-state index in [1.165, 1.54) is 12.8 Å². The van der Waals surface area contributed by atoms with Gasteiger partial charge in [0.2, 0.25) is 0 Å². The molecule has 2 heteroatoms. The van der Waals surface area contributed by atoms with Gasteiger partial charge < -0.3 is 4.74 Å². The molecule has 0 saturated carbocycles. The fourth-order valence-electron chi connectivity index (χ4n) is 1.34. The van der Waals surface area contributed by atoms with Gasteiger partial charge in [0.25, 0.3) is 0 Å². The van der Waals surface area contributed by atoms with E-state index in [0.29, 0.717) is 6.42 Å². The lowest BCUT2D eigenvalue weighted by molar-refractivity contribution is 0.306. The molecule has 0 atom stereocenters. The smallest absolute Gasteiger partial charge is 0.119 e. The maximum Gasteiger partial charge on any atom is 0.119 e. The summed E-state index contributed by atoms with van der Waals surface area (Å²) in [6.07, 6.45) is 4.00. The Bertz CT molecular complexity index is 310. The van der Waals surface area contributed by atoms with Crippen molar-refractivity contribution in [2.45, 2.75) is 32.6 Å². The quantitative estimate of drug-likeness (QED) is 0.664. The topological polar surface area (TPSA) is 33.0 Å². The first-order valence-electron chi connectivity index (χ1n) is 5.45. The van der Waals surface area contributed by atoms with Crippen LogP contribution in [0.2, 0.25) is 0 Å². The number of ether oxygens (including phenoxy) is 1. The van der Waals surface area contributed by atoms with E-state index in [1.54, 1.807) is 0 Å². The summed E-state index contributed by atoms with van der Waals surface area (Å²) in [7, 11) is 0. The molecule has 0 bridgehead atoms. The summed E-state index contributed by atoms with van der Waals surface area (Å²) in [6.45, 7) is 2.96. The van der Waals surface area contributed by atoms with Gasteiger partial charge in [-0.15, -0.1) is 0 Å². The van der Waals surface area contributed by atoms with Gasteiger partial charge in [0, 0.05) is 0 Å². The lowest BCUT2D eigenvalue weighted by Crippen LogP contribution is -1.96. The molecular formula is C13H17NO. The second-order valence-corrected chi connectivity index (χ2v) is 3.53. The van der Waals surface area contributed by atoms with Crippen LogP contribution in [-0.4, -0.2) is 6.61 Å². The Morgan fingerprint density at radius 1 is 1.20 bits per heavy atom. The second kappa shape index (κ2) is 6.89. The normalized spacial score (nSPS) is 9.60. The summed E-state index contributed by atoms with van der Waals surface area (Å²) in [5.74, 6) is 0.896. The van der Waals surface area contributed by atoms with E-state index in [-0.39, 0.29) is 0 Å². The van der Waals surface area contributed by atoms with Crippen LogP contribution in [0.25, 0.3) is 0 Å². The molecule has 0 spiro atoms. The van der Waals surface area contributed by atoms with Crippen molar-refractivity contribution in [1.82, 2.24) is 0 Å². The average Bonchev–Trinajstić information content (AvgIpc) is 2.27. The Hall–Kier alpha value is -1.49. The number of hydrogen-bond acceptors (Lipinski definition) is 2. The van der Waals surface area contributed by atoms with Gasteiger partial charge in [-0.1, -0.05) is 31.9 Å². The number of unbranched alkanes of at least 4 members (excludes halogenated alkanes) is 2. The van der Waals surface area contributed by atoms with Crippen molar-refractivity contribution in [1.29, 1.82) is 5.26 Å². The molecule has 1 aromatic rings. The minimum absolute atomic E-state index is 0.468. The predicted octanol–water partition coefficient (Wildman–Crippen LogP) is 3.32. The first-order valence-corrected chi connectivity index (χ1v) is 5.45. The zero-order valence-electron chi connectivity index (χ0n) is 9.20. The Morgan fingerprint density at radius 3 is 2.53 bits per heavy atom. The van der Waals surface area contributed by atoms with Gasteiger partial charge >= 0.3 is 0 Å². The summed E-state index contributed by atoms with van der Waals surface area (Å²) in [5, 5.41) is 8.51. The van der Waals surface area contributed by atoms with Crippen molar-refractivity contribution >= 4 is 0 Å². The van der Waals surface area contributed by atoms with Crippen molar-refractivity contribution in [2.24, 2.45) is 0 Å². The van der Waals surface area contributed by atoms with Crippen molar-refractivity contribution in [3.63, 3.8) is 0 Å². The van der Waals surface area contributed by atoms with Gasteiger partial charge in [0.15, 0.2) is 0 Å². The van der Waals surface area contributed by atoms with E-state index < -0.39 is 0 Å². The zero-order chi connectivity index (χ0) is 10.9. The lowest BCUT2D eigenvalue weighted by Gasteiger charge is -2.05. The van der Waals surface area contributed by atoms with Crippen LogP contribution in [0.4, 0.5) is 0 Å². The first kappa shape index (κ1) is 11.6. The number of rotatable bonds is 6. The molecule has 15 heavy (non-hydrogen) atoms. The van der Waals surface area contributed by atoms with Crippen LogP contribution in [0.3, 0.4) is 0 Å². The third kappa shape index (κ3) is 4.51. The summed E-state index contributed by atoms with van der Waals surface area (Å²) in [5.41, 5.74) is 1.04. The lowest BCUT2D eigenvalue weighted by atomic mass is 10.2. The van der Waals surface area contributed by atoms with Gasteiger partial charge in [-0.25, -0.2) is 0 Å². The molecule has 2 nitrogen and oxygen atoms in total. The third-order valence-corrected chi connectivity index (χ3v) is 2.22. The van der Waals surface area contributed by atoms with Crippen LogP contribution >= 0.6 is 0 Å². The van der Waals surface area contributed by atoms with E-state index in [4.69, 9.17) is 10.00 Å². The van der Waals surface area contributed by atoms with Crippen LogP contribution in [0, 0.1) is 11.3 Å². The SMILES string of the molecule is CCCCCOc1ccc(CC#N)cc1. The van der Waals surface area contributed by atoms with Gasteiger partial charge in [0.05, 0.1) is 19.1 Å². The fraction of sp³-hybridized carbons (Fsp3) is 0.462. The average molecular weight is 203 g/mol. The molecule has 1 rings (SSSR count). The number of nitriles is 1. The van der Waals surface area contributed by atoms with E-state index in [2.05, 4.69) is 13.0 Å². The Kier molecular flexibility index (Phi) is 5.32. The van der Waals surface area contributed by atoms with Gasteiger partial charge in [0.1, 0.15) is 5.75 Å². The molecule has 0 amide bonds. The molecule has 0 aliphatic rings. The van der Waals surface area contributed by atoms with E-state index in [1.807, 2.05) is 24.3 Å². The molecular weight excluding hydrogens is 186 g/mol. The minimum Gasteiger partial charge on any atom is -0.494 e. The number of benzene rings is 1. The predicted molar refractivity (Wildman–Crippen MR) is 60.8 cm³/mol. The van der Waals surface area contributed by atoms with Crippen LogP contribution in [0.1, 0.15) is 31.7 Å². The molecule has 0 saturated heterocycles. The zero-order valence-corrected chi connectivity index (χ0v) is 9.20. The monoisotopic (exact) mass is 203 g/mol. The van der Waals surface area contributed by atoms with Gasteiger partial charge in [-0.05, 0) is 24.1 Å². The highest BCUT2D eigenvalue weighted by atomic mass is 16.5. The molecule has 0 unspecified atom stereocenters. The van der Waals surface area contributed by atoms with Gasteiger partial charge in [-0.2, -0.15) is 5.26 Å². The third-order valence-electron chi connectivity index (χ3n) is 2.22. The van der Waals surface area contributed by atoms with Crippen molar-refractivity contribution in [3.05, 3.63) is 29.8 Å². The minimum atomic E-state index is 0.468. The fourth-order valence-corrected chi connectivity index (χ4v) is 1.34. The maximum atomic E-state index is 8.51. The molecule has 0 heterocycles. The molecule has 1 aromatic carbocycles. The van der Waals surface area contributed by atoms with Crippen molar-refractivity contribution in [3.8, 4) is 11.8 Å². The van der Waals surface area contributed by atoms with E-state index in [0.717, 1.165) is 24.3 Å². The molecule has 0 radical (unpaired) electrons. The van der Waals surface area contributed by atoms with Crippen LogP contribution < -0.4 is 4.74 Å². The summed E-state index contributed by atoms with van der Waals surface area (Å²) < 4.78 is 5.56. The summed E-state index contributed by atoms with van der Waals surface area (Å²) in [4.78, 5) is 0. The van der Waals surface area contributed by atoms with Gasteiger partial charge in [-0.3, -0.25) is 0 Å². The van der Waals surface area contributed by atoms with E-state index >= 15 is 0 Å². The van der Waals surface area contributed by atoms with Crippen LogP contribution in [0.5, 0.6) is 5.75 Å².